The Labute approximate surface area is 137 Å². The van der Waals surface area contributed by atoms with Gasteiger partial charge in [0.1, 0.15) is 0 Å². The van der Waals surface area contributed by atoms with Crippen molar-refractivity contribution in [3.05, 3.63) is 64.5 Å². The molecule has 0 radical (unpaired) electrons. The highest BCUT2D eigenvalue weighted by molar-refractivity contribution is 5.66. The first-order valence-corrected chi connectivity index (χ1v) is 7.85. The normalized spacial score (nSPS) is 11.0. The van der Waals surface area contributed by atoms with Crippen molar-refractivity contribution in [1.82, 2.24) is 9.88 Å². The average molecular weight is 312 g/mol. The predicted octanol–water partition coefficient (Wildman–Crippen LogP) is 3.48. The highest BCUT2D eigenvalue weighted by atomic mass is 16.4. The SMILES string of the molecule is Cc1cc(C)c(CN(CCC(=O)O)Cc2ccncc2)c(C)c1. The van der Waals surface area contributed by atoms with Crippen molar-refractivity contribution in [2.75, 3.05) is 6.54 Å². The Morgan fingerprint density at radius 2 is 1.70 bits per heavy atom. The number of carbonyl (C=O) groups is 1. The number of nitrogens with zero attached hydrogens (tertiary/aromatic N) is 2. The number of aryl methyl sites for hydroxylation is 3. The molecule has 0 aliphatic rings. The fourth-order valence-electron chi connectivity index (χ4n) is 2.90. The molecular weight excluding hydrogens is 288 g/mol. The number of carboxylic acids is 1. The van der Waals surface area contributed by atoms with Gasteiger partial charge in [0, 0.05) is 32.0 Å². The van der Waals surface area contributed by atoms with Crippen molar-refractivity contribution in [3.8, 4) is 0 Å². The van der Waals surface area contributed by atoms with Crippen LogP contribution in [-0.4, -0.2) is 27.5 Å². The molecule has 1 aromatic heterocycles. The van der Waals surface area contributed by atoms with E-state index in [2.05, 4.69) is 42.8 Å². The molecule has 0 bridgehead atoms. The Bertz CT molecular complexity index is 645. The van der Waals surface area contributed by atoms with Crippen LogP contribution in [0.4, 0.5) is 0 Å². The maximum Gasteiger partial charge on any atom is 0.304 e. The minimum Gasteiger partial charge on any atom is -0.481 e. The summed E-state index contributed by atoms with van der Waals surface area (Å²) >= 11 is 0. The highest BCUT2D eigenvalue weighted by Crippen LogP contribution is 2.19. The fraction of sp³-hybridized carbons (Fsp3) is 0.368. The molecular formula is C19H24N2O2. The van der Waals surface area contributed by atoms with Crippen molar-refractivity contribution in [2.45, 2.75) is 40.3 Å². The van der Waals surface area contributed by atoms with Crippen LogP contribution in [-0.2, 0) is 17.9 Å². The zero-order valence-electron chi connectivity index (χ0n) is 14.0. The van der Waals surface area contributed by atoms with E-state index in [4.69, 9.17) is 5.11 Å². The Morgan fingerprint density at radius 3 is 2.26 bits per heavy atom. The number of benzene rings is 1. The summed E-state index contributed by atoms with van der Waals surface area (Å²) in [5.74, 6) is -0.762. The molecule has 1 N–H and O–H groups in total. The second-order valence-corrected chi connectivity index (χ2v) is 6.09. The quantitative estimate of drug-likeness (QED) is 0.850. The summed E-state index contributed by atoms with van der Waals surface area (Å²) in [4.78, 5) is 17.2. The van der Waals surface area contributed by atoms with Gasteiger partial charge < -0.3 is 5.11 Å². The van der Waals surface area contributed by atoms with Crippen LogP contribution in [0.15, 0.2) is 36.7 Å². The molecule has 0 spiro atoms. The van der Waals surface area contributed by atoms with Crippen LogP contribution in [0.1, 0.15) is 34.2 Å². The summed E-state index contributed by atoms with van der Waals surface area (Å²) < 4.78 is 0. The summed E-state index contributed by atoms with van der Waals surface area (Å²) in [6, 6.07) is 8.32. The molecule has 0 fully saturated rings. The number of hydrogen-bond donors (Lipinski definition) is 1. The standard InChI is InChI=1S/C19H24N2O2/c1-14-10-15(2)18(16(3)11-14)13-21(9-6-19(22)23)12-17-4-7-20-8-5-17/h4-5,7-8,10-11H,6,9,12-13H2,1-3H3,(H,22,23). The van der Waals surface area contributed by atoms with Crippen molar-refractivity contribution in [3.63, 3.8) is 0 Å². The summed E-state index contributed by atoms with van der Waals surface area (Å²) in [6.45, 7) is 8.36. The molecule has 0 aliphatic heterocycles. The molecule has 0 atom stereocenters. The van der Waals surface area contributed by atoms with Gasteiger partial charge in [-0.15, -0.1) is 0 Å². The molecule has 4 heteroatoms. The molecule has 0 saturated heterocycles. The van der Waals surface area contributed by atoms with Crippen LogP contribution < -0.4 is 0 Å². The molecule has 122 valence electrons. The number of hydrogen-bond acceptors (Lipinski definition) is 3. The lowest BCUT2D eigenvalue weighted by Crippen LogP contribution is -2.26. The summed E-state index contributed by atoms with van der Waals surface area (Å²) in [6.07, 6.45) is 3.69. The fourth-order valence-corrected chi connectivity index (χ4v) is 2.90. The van der Waals surface area contributed by atoms with Crippen LogP contribution in [0.2, 0.25) is 0 Å². The topological polar surface area (TPSA) is 53.4 Å². The van der Waals surface area contributed by atoms with Gasteiger partial charge in [-0.05, 0) is 55.2 Å². The minimum absolute atomic E-state index is 0.148. The summed E-state index contributed by atoms with van der Waals surface area (Å²) in [5, 5.41) is 9.00. The third kappa shape index (κ3) is 5.18. The average Bonchev–Trinajstić information content (AvgIpc) is 2.49. The van der Waals surface area contributed by atoms with Gasteiger partial charge in [-0.3, -0.25) is 14.7 Å². The van der Waals surface area contributed by atoms with Gasteiger partial charge in [0.05, 0.1) is 6.42 Å². The van der Waals surface area contributed by atoms with E-state index in [0.717, 1.165) is 18.7 Å². The zero-order valence-corrected chi connectivity index (χ0v) is 14.0. The minimum atomic E-state index is -0.762. The van der Waals surface area contributed by atoms with E-state index < -0.39 is 5.97 Å². The molecule has 0 aliphatic carbocycles. The van der Waals surface area contributed by atoms with E-state index in [-0.39, 0.29) is 6.42 Å². The largest absolute Gasteiger partial charge is 0.481 e. The van der Waals surface area contributed by atoms with Crippen LogP contribution >= 0.6 is 0 Å². The summed E-state index contributed by atoms with van der Waals surface area (Å²) in [7, 11) is 0. The van der Waals surface area contributed by atoms with E-state index in [9.17, 15) is 4.79 Å². The number of rotatable bonds is 7. The van der Waals surface area contributed by atoms with Crippen LogP contribution in [0.3, 0.4) is 0 Å². The van der Waals surface area contributed by atoms with E-state index in [1.165, 1.54) is 22.3 Å². The molecule has 0 unspecified atom stereocenters. The van der Waals surface area contributed by atoms with Gasteiger partial charge in [-0.1, -0.05) is 17.7 Å². The third-order valence-corrected chi connectivity index (χ3v) is 4.02. The maximum atomic E-state index is 11.0. The molecule has 0 amide bonds. The van der Waals surface area contributed by atoms with Crippen molar-refractivity contribution in [1.29, 1.82) is 0 Å². The van der Waals surface area contributed by atoms with Gasteiger partial charge in [0.25, 0.3) is 0 Å². The van der Waals surface area contributed by atoms with E-state index in [1.54, 1.807) is 12.4 Å². The van der Waals surface area contributed by atoms with E-state index in [0.29, 0.717) is 6.54 Å². The number of pyridine rings is 1. The first-order valence-electron chi connectivity index (χ1n) is 7.85. The maximum absolute atomic E-state index is 11.0. The van der Waals surface area contributed by atoms with E-state index in [1.807, 2.05) is 12.1 Å². The second-order valence-electron chi connectivity index (χ2n) is 6.09. The lowest BCUT2D eigenvalue weighted by molar-refractivity contribution is -0.137. The van der Waals surface area contributed by atoms with Gasteiger partial charge >= 0.3 is 5.97 Å². The van der Waals surface area contributed by atoms with Gasteiger partial charge in [0.2, 0.25) is 0 Å². The summed E-state index contributed by atoms with van der Waals surface area (Å²) in [5.41, 5.74) is 6.22. The molecule has 0 saturated carbocycles. The lowest BCUT2D eigenvalue weighted by atomic mass is 9.99. The van der Waals surface area contributed by atoms with Crippen LogP contribution in [0.5, 0.6) is 0 Å². The van der Waals surface area contributed by atoms with Crippen molar-refractivity contribution in [2.24, 2.45) is 0 Å². The van der Waals surface area contributed by atoms with Gasteiger partial charge in [-0.25, -0.2) is 0 Å². The molecule has 4 nitrogen and oxygen atoms in total. The Hall–Kier alpha value is -2.20. The first kappa shape index (κ1) is 17.2. The van der Waals surface area contributed by atoms with Gasteiger partial charge in [-0.2, -0.15) is 0 Å². The van der Waals surface area contributed by atoms with E-state index >= 15 is 0 Å². The molecule has 1 aromatic carbocycles. The Balaban J connectivity index is 2.18. The zero-order chi connectivity index (χ0) is 16.8. The Morgan fingerprint density at radius 1 is 1.09 bits per heavy atom. The lowest BCUT2D eigenvalue weighted by Gasteiger charge is -2.24. The Kier molecular flexibility index (Phi) is 5.88. The smallest absolute Gasteiger partial charge is 0.304 e. The molecule has 2 rings (SSSR count). The van der Waals surface area contributed by atoms with Crippen LogP contribution in [0, 0.1) is 20.8 Å². The van der Waals surface area contributed by atoms with Crippen molar-refractivity contribution < 1.29 is 9.90 Å². The molecule has 2 aromatic rings. The second kappa shape index (κ2) is 7.88. The van der Waals surface area contributed by atoms with Crippen LogP contribution in [0.25, 0.3) is 0 Å². The third-order valence-electron chi connectivity index (χ3n) is 4.02. The number of aromatic nitrogens is 1. The van der Waals surface area contributed by atoms with Gasteiger partial charge in [0.15, 0.2) is 0 Å². The highest BCUT2D eigenvalue weighted by Gasteiger charge is 2.12. The number of carboxylic acid groups (broad SMARTS) is 1. The molecule has 1 heterocycles. The predicted molar refractivity (Wildman–Crippen MR) is 91.3 cm³/mol. The monoisotopic (exact) mass is 312 g/mol. The number of aliphatic carboxylic acids is 1. The van der Waals surface area contributed by atoms with Crippen molar-refractivity contribution >= 4 is 5.97 Å². The molecule has 23 heavy (non-hydrogen) atoms. The first-order chi connectivity index (χ1) is 11.0.